The van der Waals surface area contributed by atoms with Crippen molar-refractivity contribution in [2.45, 2.75) is 38.3 Å². The summed E-state index contributed by atoms with van der Waals surface area (Å²) in [6.45, 7) is 5.30. The molecule has 37 heavy (non-hydrogen) atoms. The second kappa shape index (κ2) is 12.4. The lowest BCUT2D eigenvalue weighted by Crippen LogP contribution is -2.50. The summed E-state index contributed by atoms with van der Waals surface area (Å²) in [5, 5.41) is 2.58. The monoisotopic (exact) mass is 523 g/mol. The summed E-state index contributed by atoms with van der Waals surface area (Å²) >= 11 is 0. The zero-order valence-corrected chi connectivity index (χ0v) is 22.4. The minimum atomic E-state index is -4.15. The number of aryl methyl sites for hydroxylation is 1. The molecule has 1 N–H and O–H groups in total. The molecule has 0 saturated heterocycles. The molecule has 9 heteroatoms. The third kappa shape index (κ3) is 6.68. The summed E-state index contributed by atoms with van der Waals surface area (Å²) in [6, 6.07) is 21.4. The molecule has 196 valence electrons. The second-order valence-corrected chi connectivity index (χ2v) is 10.4. The first-order valence-corrected chi connectivity index (χ1v) is 13.5. The minimum absolute atomic E-state index is 0.0404. The third-order valence-electron chi connectivity index (χ3n) is 5.89. The number of likely N-dealkylation sites (N-methyl/N-ethyl adjacent to an activating group) is 1. The van der Waals surface area contributed by atoms with Crippen molar-refractivity contribution in [3.8, 4) is 5.75 Å². The Morgan fingerprint density at radius 2 is 1.65 bits per heavy atom. The highest BCUT2D eigenvalue weighted by Gasteiger charge is 2.33. The lowest BCUT2D eigenvalue weighted by molar-refractivity contribution is -0.139. The van der Waals surface area contributed by atoms with Gasteiger partial charge in [0.15, 0.2) is 0 Å². The number of hydrogen-bond donors (Lipinski definition) is 1. The van der Waals surface area contributed by atoms with Crippen LogP contribution < -0.4 is 14.4 Å². The lowest BCUT2D eigenvalue weighted by atomic mass is 10.1. The van der Waals surface area contributed by atoms with Crippen molar-refractivity contribution in [2.75, 3.05) is 24.5 Å². The summed E-state index contributed by atoms with van der Waals surface area (Å²) in [4.78, 5) is 27.8. The predicted molar refractivity (Wildman–Crippen MR) is 144 cm³/mol. The van der Waals surface area contributed by atoms with Crippen LogP contribution in [0.2, 0.25) is 0 Å². The van der Waals surface area contributed by atoms with Gasteiger partial charge in [-0.05, 0) is 50.6 Å². The number of anilines is 1. The van der Waals surface area contributed by atoms with E-state index in [0.717, 1.165) is 15.4 Å². The van der Waals surface area contributed by atoms with Gasteiger partial charge in [-0.15, -0.1) is 0 Å². The topological polar surface area (TPSA) is 96.0 Å². The zero-order chi connectivity index (χ0) is 27.0. The summed E-state index contributed by atoms with van der Waals surface area (Å²) in [5.74, 6) is -0.543. The van der Waals surface area contributed by atoms with Crippen molar-refractivity contribution < 1.29 is 22.7 Å². The zero-order valence-electron chi connectivity index (χ0n) is 21.5. The van der Waals surface area contributed by atoms with E-state index in [2.05, 4.69) is 5.32 Å². The lowest BCUT2D eigenvalue weighted by Gasteiger charge is -2.32. The highest BCUT2D eigenvalue weighted by molar-refractivity contribution is 7.92. The molecule has 0 radical (unpaired) electrons. The fourth-order valence-corrected chi connectivity index (χ4v) is 5.42. The van der Waals surface area contributed by atoms with Crippen molar-refractivity contribution in [3.63, 3.8) is 0 Å². The van der Waals surface area contributed by atoms with Gasteiger partial charge >= 0.3 is 0 Å². The highest BCUT2D eigenvalue weighted by Crippen LogP contribution is 2.32. The van der Waals surface area contributed by atoms with Crippen LogP contribution in [0.25, 0.3) is 0 Å². The number of sulfonamides is 1. The van der Waals surface area contributed by atoms with Gasteiger partial charge in [0, 0.05) is 13.6 Å². The first kappa shape index (κ1) is 27.7. The van der Waals surface area contributed by atoms with E-state index >= 15 is 0 Å². The van der Waals surface area contributed by atoms with Gasteiger partial charge in [0.2, 0.25) is 11.8 Å². The van der Waals surface area contributed by atoms with E-state index in [-0.39, 0.29) is 23.0 Å². The van der Waals surface area contributed by atoms with Gasteiger partial charge in [-0.2, -0.15) is 0 Å². The predicted octanol–water partition coefficient (Wildman–Crippen LogP) is 3.75. The van der Waals surface area contributed by atoms with Crippen LogP contribution in [0.1, 0.15) is 25.0 Å². The Morgan fingerprint density at radius 3 is 2.30 bits per heavy atom. The van der Waals surface area contributed by atoms with E-state index in [1.54, 1.807) is 56.3 Å². The molecule has 0 heterocycles. The molecule has 0 aliphatic rings. The number of amides is 2. The number of ether oxygens (including phenoxy) is 1. The van der Waals surface area contributed by atoms with Gasteiger partial charge in [0.05, 0.1) is 17.2 Å². The molecule has 0 unspecified atom stereocenters. The minimum Gasteiger partial charge on any atom is -0.492 e. The Labute approximate surface area is 218 Å². The average molecular weight is 524 g/mol. The maximum Gasteiger partial charge on any atom is 0.264 e. The summed E-state index contributed by atoms with van der Waals surface area (Å²) in [5.41, 5.74) is 2.08. The number of benzene rings is 3. The molecule has 0 saturated carbocycles. The SMILES string of the molecule is CCOc1ccccc1N(CC(=O)N(Cc1cccc(C)c1)[C@H](C)C(=O)NC)S(=O)(=O)c1ccccc1. The van der Waals surface area contributed by atoms with E-state index < -0.39 is 28.5 Å². The third-order valence-corrected chi connectivity index (χ3v) is 7.67. The fourth-order valence-electron chi connectivity index (χ4n) is 3.97. The van der Waals surface area contributed by atoms with Crippen LogP contribution in [-0.4, -0.2) is 51.4 Å². The quantitative estimate of drug-likeness (QED) is 0.413. The van der Waals surface area contributed by atoms with Crippen molar-refractivity contribution in [1.29, 1.82) is 0 Å². The van der Waals surface area contributed by atoms with Crippen molar-refractivity contribution in [2.24, 2.45) is 0 Å². The number of carbonyl (C=O) groups is 2. The van der Waals surface area contributed by atoms with Crippen LogP contribution in [-0.2, 0) is 26.2 Å². The highest BCUT2D eigenvalue weighted by atomic mass is 32.2. The van der Waals surface area contributed by atoms with Crippen LogP contribution in [0.5, 0.6) is 5.75 Å². The van der Waals surface area contributed by atoms with Gasteiger partial charge < -0.3 is 15.0 Å². The molecule has 0 fully saturated rings. The maximum absolute atomic E-state index is 13.8. The molecule has 3 aromatic carbocycles. The molecule has 0 bridgehead atoms. The molecule has 0 aliphatic carbocycles. The molecule has 0 aromatic heterocycles. The van der Waals surface area contributed by atoms with Crippen LogP contribution in [0.4, 0.5) is 5.69 Å². The number of hydrogen-bond acceptors (Lipinski definition) is 5. The number of rotatable bonds is 11. The molecule has 3 aromatic rings. The van der Waals surface area contributed by atoms with Crippen LogP contribution in [0.15, 0.2) is 83.8 Å². The molecule has 2 amide bonds. The van der Waals surface area contributed by atoms with Gasteiger partial charge in [0.25, 0.3) is 10.0 Å². The summed E-state index contributed by atoms with van der Waals surface area (Å²) in [6.07, 6.45) is 0. The van der Waals surface area contributed by atoms with Crippen molar-refractivity contribution in [1.82, 2.24) is 10.2 Å². The Balaban J connectivity index is 2.07. The first-order valence-electron chi connectivity index (χ1n) is 12.0. The second-order valence-electron chi connectivity index (χ2n) is 8.53. The Bertz CT molecular complexity index is 1330. The van der Waals surface area contributed by atoms with Crippen LogP contribution in [0, 0.1) is 6.92 Å². The summed E-state index contributed by atoms with van der Waals surface area (Å²) in [7, 11) is -2.65. The molecular weight excluding hydrogens is 490 g/mol. The Kier molecular flexibility index (Phi) is 9.30. The standard InChI is InChI=1S/C28H33N3O5S/c1-5-36-26-17-10-9-16-25(26)31(37(34,35)24-14-7-6-8-15-24)20-27(32)30(22(3)28(33)29-4)19-23-13-11-12-21(2)18-23/h6-18,22H,5,19-20H2,1-4H3,(H,29,33)/t22-/m1/s1. The van der Waals surface area contributed by atoms with Gasteiger partial charge in [-0.1, -0.05) is 60.2 Å². The number of nitrogens with zero attached hydrogens (tertiary/aromatic N) is 2. The fraction of sp³-hybridized carbons (Fsp3) is 0.286. The van der Waals surface area contributed by atoms with E-state index in [0.29, 0.717) is 12.4 Å². The first-order chi connectivity index (χ1) is 17.7. The van der Waals surface area contributed by atoms with Crippen molar-refractivity contribution in [3.05, 3.63) is 90.0 Å². The van der Waals surface area contributed by atoms with E-state index in [1.807, 2.05) is 31.2 Å². The number of para-hydroxylation sites is 2. The smallest absolute Gasteiger partial charge is 0.264 e. The molecule has 8 nitrogen and oxygen atoms in total. The average Bonchev–Trinajstić information content (AvgIpc) is 2.90. The van der Waals surface area contributed by atoms with E-state index in [9.17, 15) is 18.0 Å². The van der Waals surface area contributed by atoms with Crippen LogP contribution in [0.3, 0.4) is 0 Å². The Morgan fingerprint density at radius 1 is 0.973 bits per heavy atom. The normalized spacial score (nSPS) is 11.9. The number of carbonyl (C=O) groups excluding carboxylic acids is 2. The molecule has 0 spiro atoms. The number of nitrogens with one attached hydrogen (secondary N) is 1. The van der Waals surface area contributed by atoms with Gasteiger partial charge in [0.1, 0.15) is 18.3 Å². The molecule has 3 rings (SSSR count). The van der Waals surface area contributed by atoms with E-state index in [1.165, 1.54) is 24.1 Å². The molecular formula is C28H33N3O5S. The van der Waals surface area contributed by atoms with Gasteiger partial charge in [-0.25, -0.2) is 8.42 Å². The van der Waals surface area contributed by atoms with E-state index in [4.69, 9.17) is 4.74 Å². The molecule has 1 atom stereocenters. The maximum atomic E-state index is 13.8. The van der Waals surface area contributed by atoms with Crippen LogP contribution >= 0.6 is 0 Å². The largest absolute Gasteiger partial charge is 0.492 e. The molecule has 0 aliphatic heterocycles. The summed E-state index contributed by atoms with van der Waals surface area (Å²) < 4.78 is 34.4. The Hall–Kier alpha value is -3.85. The van der Waals surface area contributed by atoms with Gasteiger partial charge in [-0.3, -0.25) is 13.9 Å². The van der Waals surface area contributed by atoms with Crippen molar-refractivity contribution >= 4 is 27.5 Å².